The van der Waals surface area contributed by atoms with Crippen molar-refractivity contribution in [1.29, 1.82) is 0 Å². The molecule has 0 spiro atoms. The van der Waals surface area contributed by atoms with Gasteiger partial charge in [-0.3, -0.25) is 0 Å². The maximum Gasteiger partial charge on any atom is 0.246 e. The second-order valence-corrected chi connectivity index (χ2v) is 2.86. The van der Waals surface area contributed by atoms with Gasteiger partial charge in [0.15, 0.2) is 0 Å². The summed E-state index contributed by atoms with van der Waals surface area (Å²) >= 11 is 0. The van der Waals surface area contributed by atoms with Crippen LogP contribution in [0.1, 0.15) is 0 Å². The fourth-order valence-corrected chi connectivity index (χ4v) is 0.612. The normalized spacial score (nSPS) is 12.2. The first-order valence-electron chi connectivity index (χ1n) is 1.50. The zero-order chi connectivity index (χ0) is 8.41. The van der Waals surface area contributed by atoms with Gasteiger partial charge >= 0.3 is 0 Å². The van der Waals surface area contributed by atoms with Crippen LogP contribution in [0.3, 0.4) is 0 Å². The van der Waals surface area contributed by atoms with Crippen LogP contribution in [0.4, 0.5) is 0 Å². The molecule has 0 aliphatic heterocycles. The lowest BCUT2D eigenvalue weighted by Gasteiger charge is -2.07. The second-order valence-electron chi connectivity index (χ2n) is 0.953. The molecule has 0 saturated heterocycles. The van der Waals surface area contributed by atoms with Gasteiger partial charge in [0, 0.05) is 7.43 Å². The van der Waals surface area contributed by atoms with Crippen LogP contribution < -0.4 is 0 Å². The van der Waals surface area contributed by atoms with Crippen molar-refractivity contribution in [3.63, 3.8) is 0 Å². The zero-order valence-electron chi connectivity index (χ0n) is 5.08. The molecule has 0 atom stereocenters. The summed E-state index contributed by atoms with van der Waals surface area (Å²) in [4.78, 5) is 0. The van der Waals surface area contributed by atoms with E-state index >= 15 is 0 Å². The zero-order valence-corrected chi connectivity index (χ0v) is 6.72. The molecule has 0 bridgehead atoms. The summed E-state index contributed by atoms with van der Waals surface area (Å²) in [6, 6.07) is 0. The van der Waals surface area contributed by atoms with Gasteiger partial charge in [0.25, 0.3) is 0 Å². The summed E-state index contributed by atoms with van der Waals surface area (Å²) in [5, 5.41) is 0. The van der Waals surface area contributed by atoms with E-state index in [2.05, 4.69) is 8.67 Å². The smallest absolute Gasteiger partial charge is 0.246 e. The van der Waals surface area contributed by atoms with Crippen molar-refractivity contribution in [2.45, 2.75) is 0 Å². The van der Waals surface area contributed by atoms with E-state index in [0.717, 1.165) is 0 Å². The third-order valence-electron chi connectivity index (χ3n) is 0.194. The van der Waals surface area contributed by atoms with Crippen molar-refractivity contribution in [1.82, 2.24) is 0 Å². The van der Waals surface area contributed by atoms with Crippen molar-refractivity contribution in [3.8, 4) is 0 Å². The highest BCUT2D eigenvalue weighted by Gasteiger charge is 1.99. The Morgan fingerprint density at radius 3 is 1.09 bits per heavy atom. The molecule has 68 valence electrons. The van der Waals surface area contributed by atoms with Crippen LogP contribution in [0, 0.1) is 7.43 Å². The minimum absolute atomic E-state index is 0. The van der Waals surface area contributed by atoms with E-state index in [1.165, 1.54) is 0 Å². The third-order valence-corrected chi connectivity index (χ3v) is 0.750. The molecular formula is CH3O8S2-. The molecule has 0 aromatic heterocycles. The molecule has 0 fully saturated rings. The highest BCUT2D eigenvalue weighted by molar-refractivity contribution is 7.83. The highest BCUT2D eigenvalue weighted by atomic mass is 32.3. The highest BCUT2D eigenvalue weighted by Crippen LogP contribution is 1.92. The molecule has 0 saturated carbocycles. The van der Waals surface area contributed by atoms with Crippen LogP contribution in [0.15, 0.2) is 0 Å². The molecule has 0 heterocycles. The van der Waals surface area contributed by atoms with Crippen molar-refractivity contribution >= 4 is 20.8 Å². The molecule has 0 unspecified atom stereocenters. The fourth-order valence-electron chi connectivity index (χ4n) is 0.0680. The van der Waals surface area contributed by atoms with Crippen LogP contribution in [0.25, 0.3) is 0 Å². The van der Waals surface area contributed by atoms with Crippen molar-refractivity contribution < 1.29 is 34.6 Å². The van der Waals surface area contributed by atoms with Crippen LogP contribution in [-0.2, 0) is 29.5 Å². The molecule has 0 aliphatic carbocycles. The quantitative estimate of drug-likeness (QED) is 0.176. The van der Waals surface area contributed by atoms with Gasteiger partial charge in [0.1, 0.15) is 0 Å². The molecule has 0 amide bonds. The standard InChI is InChI=1S/CH3.H2O8S2/c;1-9(2,3)7-8-10(4,5)6/h1H3;(H,1,2,3)(H,4,5,6)/q+1;/p-2. The first kappa shape index (κ1) is 13.2. The van der Waals surface area contributed by atoms with Gasteiger partial charge in [0.05, 0.1) is 0 Å². The molecule has 0 N–H and O–H groups in total. The molecule has 11 heavy (non-hydrogen) atoms. The molecule has 8 nitrogen and oxygen atoms in total. The Hall–Kier alpha value is -0.390. The Morgan fingerprint density at radius 2 is 1.00 bits per heavy atom. The van der Waals surface area contributed by atoms with Crippen LogP contribution in [0.5, 0.6) is 0 Å². The van der Waals surface area contributed by atoms with E-state index < -0.39 is 20.8 Å². The summed E-state index contributed by atoms with van der Waals surface area (Å²) in [5.41, 5.74) is 0. The average Bonchev–Trinajstić information content (AvgIpc) is 1.57. The maximum absolute atomic E-state index is 9.37. The Bertz CT molecular complexity index is 248. The summed E-state index contributed by atoms with van der Waals surface area (Å²) in [6.07, 6.45) is 0. The van der Waals surface area contributed by atoms with E-state index in [1.54, 1.807) is 0 Å². The molecule has 0 aromatic carbocycles. The van der Waals surface area contributed by atoms with Gasteiger partial charge in [-0.1, -0.05) is 0 Å². The SMILES string of the molecule is O=S(=O)([O-])OOS(=O)(=O)[O-].[CH3+]. The van der Waals surface area contributed by atoms with E-state index in [0.29, 0.717) is 0 Å². The molecule has 0 rings (SSSR count). The maximum atomic E-state index is 9.37. The number of hydrogen-bond acceptors (Lipinski definition) is 8. The first-order valence-corrected chi connectivity index (χ1v) is 4.17. The van der Waals surface area contributed by atoms with E-state index in [4.69, 9.17) is 0 Å². The minimum Gasteiger partial charge on any atom is -0.724 e. The predicted octanol–water partition coefficient (Wildman–Crippen LogP) is -1.69. The van der Waals surface area contributed by atoms with Crippen LogP contribution in [0.2, 0.25) is 0 Å². The molecule has 10 heteroatoms. The first-order chi connectivity index (χ1) is 4.21. The summed E-state index contributed by atoms with van der Waals surface area (Å²) < 4.78 is 61.5. The minimum atomic E-state index is -5.31. The lowest BCUT2D eigenvalue weighted by atomic mass is 12.0. The Labute approximate surface area is 63.6 Å². The van der Waals surface area contributed by atoms with E-state index in [1.807, 2.05) is 0 Å². The molecular weight excluding hydrogens is 204 g/mol. The monoisotopic (exact) mass is 207 g/mol. The Morgan fingerprint density at radius 1 is 0.818 bits per heavy atom. The summed E-state index contributed by atoms with van der Waals surface area (Å²) in [7, 11) is -10.6. The van der Waals surface area contributed by atoms with Gasteiger partial charge in [-0.25, -0.2) is 16.8 Å². The van der Waals surface area contributed by atoms with Gasteiger partial charge in [-0.05, 0) is 0 Å². The average molecular weight is 207 g/mol. The molecule has 0 radical (unpaired) electrons. The van der Waals surface area contributed by atoms with Crippen molar-refractivity contribution in [2.24, 2.45) is 0 Å². The van der Waals surface area contributed by atoms with Crippen LogP contribution >= 0.6 is 0 Å². The summed E-state index contributed by atoms with van der Waals surface area (Å²) in [6.45, 7) is 0. The Balaban J connectivity index is 0. The molecule has 0 aromatic rings. The van der Waals surface area contributed by atoms with Crippen molar-refractivity contribution in [3.05, 3.63) is 7.43 Å². The second kappa shape index (κ2) is 3.85. The predicted molar refractivity (Wildman–Crippen MR) is 28.0 cm³/mol. The fraction of sp³-hybridized carbons (Fsp3) is 0. The van der Waals surface area contributed by atoms with Gasteiger partial charge in [0.2, 0.25) is 20.8 Å². The number of hydrogen-bond donors (Lipinski definition) is 0. The van der Waals surface area contributed by atoms with E-state index in [9.17, 15) is 25.9 Å². The topological polar surface area (TPSA) is 133 Å². The van der Waals surface area contributed by atoms with Gasteiger partial charge in [-0.2, -0.15) is 0 Å². The Kier molecular flexibility index (Phi) is 4.62. The van der Waals surface area contributed by atoms with Crippen molar-refractivity contribution in [2.75, 3.05) is 0 Å². The lowest BCUT2D eigenvalue weighted by molar-refractivity contribution is -0.107. The van der Waals surface area contributed by atoms with Gasteiger partial charge in [-0.15, -0.1) is 8.67 Å². The van der Waals surface area contributed by atoms with Gasteiger partial charge < -0.3 is 9.11 Å². The lowest BCUT2D eigenvalue weighted by Crippen LogP contribution is -2.10. The number of rotatable bonds is 3. The third kappa shape index (κ3) is 12.7. The molecule has 0 aliphatic rings. The summed E-state index contributed by atoms with van der Waals surface area (Å²) in [5.74, 6) is 0. The largest absolute Gasteiger partial charge is 0.724 e. The van der Waals surface area contributed by atoms with Crippen LogP contribution in [-0.4, -0.2) is 25.9 Å². The van der Waals surface area contributed by atoms with E-state index in [-0.39, 0.29) is 7.43 Å².